The Labute approximate surface area is 162 Å². The molecular formula is C17H15F3N6O3. The number of rotatable bonds is 5. The molecule has 0 radical (unpaired) electrons. The molecular weight excluding hydrogens is 393 g/mol. The number of hydrogen-bond acceptors (Lipinski definition) is 8. The van der Waals surface area contributed by atoms with Crippen molar-refractivity contribution >= 4 is 17.6 Å². The van der Waals surface area contributed by atoms with Crippen molar-refractivity contribution < 1.29 is 27.2 Å². The molecule has 0 atom stereocenters. The molecule has 0 aliphatic carbocycles. The van der Waals surface area contributed by atoms with E-state index in [0.717, 1.165) is 5.82 Å². The summed E-state index contributed by atoms with van der Waals surface area (Å²) < 4.78 is 46.7. The van der Waals surface area contributed by atoms with Crippen molar-refractivity contribution in [2.45, 2.75) is 12.8 Å². The van der Waals surface area contributed by atoms with Crippen molar-refractivity contribution in [3.63, 3.8) is 0 Å². The molecule has 3 rings (SSSR count). The summed E-state index contributed by atoms with van der Waals surface area (Å²) in [4.78, 5) is 25.1. The van der Waals surface area contributed by atoms with Crippen molar-refractivity contribution in [1.82, 2.24) is 20.1 Å². The Morgan fingerprint density at radius 2 is 1.97 bits per heavy atom. The third-order valence-electron chi connectivity index (χ3n) is 3.54. The molecule has 1 N–H and O–H groups in total. The molecule has 0 unspecified atom stereocenters. The molecule has 3 aromatic heterocycles. The van der Waals surface area contributed by atoms with Gasteiger partial charge in [0.25, 0.3) is 0 Å². The Morgan fingerprint density at radius 3 is 2.52 bits per heavy atom. The molecule has 3 heterocycles. The number of halogens is 3. The normalized spacial score (nSPS) is 11.2. The maximum Gasteiger partial charge on any atom is 0.471 e. The second-order valence-corrected chi connectivity index (χ2v) is 5.97. The molecule has 0 fully saturated rings. The lowest BCUT2D eigenvalue weighted by Gasteiger charge is -2.11. The van der Waals surface area contributed by atoms with E-state index in [-0.39, 0.29) is 23.8 Å². The standard InChI is InChI=1S/C17H15F3N6O3/c1-26(2)13-6-3-10(7-22-13)9-28-16(27)23-11-4-5-12(21-8-11)14-24-15(29-25-14)17(18,19)20/h3-8H,9H2,1-2H3,(H,23,27). The largest absolute Gasteiger partial charge is 0.471 e. The van der Waals surface area contributed by atoms with E-state index >= 15 is 0 Å². The summed E-state index contributed by atoms with van der Waals surface area (Å²) in [6, 6.07) is 6.33. The number of anilines is 2. The second-order valence-electron chi connectivity index (χ2n) is 5.97. The van der Waals surface area contributed by atoms with Gasteiger partial charge < -0.3 is 14.2 Å². The first-order valence-corrected chi connectivity index (χ1v) is 8.16. The zero-order chi connectivity index (χ0) is 21.0. The van der Waals surface area contributed by atoms with E-state index in [1.807, 2.05) is 19.0 Å². The van der Waals surface area contributed by atoms with Crippen LogP contribution in [0.2, 0.25) is 0 Å². The molecule has 0 saturated heterocycles. The van der Waals surface area contributed by atoms with Crippen molar-refractivity contribution in [3.8, 4) is 11.5 Å². The summed E-state index contributed by atoms with van der Waals surface area (Å²) >= 11 is 0. The molecule has 3 aromatic rings. The maximum absolute atomic E-state index is 12.5. The van der Waals surface area contributed by atoms with E-state index in [0.29, 0.717) is 5.56 Å². The van der Waals surface area contributed by atoms with Gasteiger partial charge in [-0.05, 0) is 18.2 Å². The van der Waals surface area contributed by atoms with Gasteiger partial charge in [0.2, 0.25) is 5.82 Å². The molecule has 29 heavy (non-hydrogen) atoms. The fourth-order valence-corrected chi connectivity index (χ4v) is 2.11. The van der Waals surface area contributed by atoms with E-state index in [4.69, 9.17) is 4.74 Å². The first kappa shape index (κ1) is 20.0. The Bertz CT molecular complexity index is 971. The van der Waals surface area contributed by atoms with Crippen LogP contribution in [0.5, 0.6) is 0 Å². The highest BCUT2D eigenvalue weighted by Crippen LogP contribution is 2.29. The van der Waals surface area contributed by atoms with Gasteiger partial charge in [0.1, 0.15) is 18.1 Å². The van der Waals surface area contributed by atoms with Gasteiger partial charge in [-0.25, -0.2) is 9.78 Å². The topological polar surface area (TPSA) is 106 Å². The molecule has 12 heteroatoms. The van der Waals surface area contributed by atoms with Gasteiger partial charge in [-0.1, -0.05) is 11.2 Å². The van der Waals surface area contributed by atoms with Gasteiger partial charge >= 0.3 is 18.2 Å². The lowest BCUT2D eigenvalue weighted by molar-refractivity contribution is -0.159. The summed E-state index contributed by atoms with van der Waals surface area (Å²) in [6.07, 6.45) is -2.64. The van der Waals surface area contributed by atoms with Gasteiger partial charge in [-0.15, -0.1) is 0 Å². The lowest BCUT2D eigenvalue weighted by Crippen LogP contribution is -2.14. The highest BCUT2D eigenvalue weighted by Gasteiger charge is 2.38. The van der Waals surface area contributed by atoms with Crippen LogP contribution in [0.15, 0.2) is 41.2 Å². The van der Waals surface area contributed by atoms with Gasteiger partial charge in [0.05, 0.1) is 11.9 Å². The molecule has 152 valence electrons. The number of carbonyl (C=O) groups excluding carboxylic acids is 1. The Kier molecular flexibility index (Phi) is 5.61. The number of alkyl halides is 3. The van der Waals surface area contributed by atoms with Gasteiger partial charge in [-0.2, -0.15) is 18.2 Å². The number of aromatic nitrogens is 4. The van der Waals surface area contributed by atoms with Crippen LogP contribution < -0.4 is 10.2 Å². The first-order valence-electron chi connectivity index (χ1n) is 8.16. The summed E-state index contributed by atoms with van der Waals surface area (Å²) in [7, 11) is 3.72. The summed E-state index contributed by atoms with van der Waals surface area (Å²) in [5.74, 6) is -1.01. The molecule has 9 nitrogen and oxygen atoms in total. The minimum Gasteiger partial charge on any atom is -0.444 e. The van der Waals surface area contributed by atoms with Crippen LogP contribution in [0.25, 0.3) is 11.5 Å². The van der Waals surface area contributed by atoms with Crippen LogP contribution in [-0.4, -0.2) is 40.3 Å². The molecule has 1 amide bonds. The van der Waals surface area contributed by atoms with Crippen molar-refractivity contribution in [2.24, 2.45) is 0 Å². The number of amides is 1. The smallest absolute Gasteiger partial charge is 0.444 e. The quantitative estimate of drug-likeness (QED) is 0.685. The monoisotopic (exact) mass is 408 g/mol. The molecule has 0 aromatic carbocycles. The van der Waals surface area contributed by atoms with Crippen molar-refractivity contribution in [3.05, 3.63) is 48.1 Å². The summed E-state index contributed by atoms with van der Waals surface area (Å²) in [5.41, 5.74) is 1.03. The van der Waals surface area contributed by atoms with Gasteiger partial charge in [-0.3, -0.25) is 10.3 Å². The third kappa shape index (κ3) is 5.18. The zero-order valence-electron chi connectivity index (χ0n) is 15.3. The second kappa shape index (κ2) is 8.12. The highest BCUT2D eigenvalue weighted by atomic mass is 19.4. The Morgan fingerprint density at radius 1 is 1.17 bits per heavy atom. The molecule has 0 saturated carbocycles. The van der Waals surface area contributed by atoms with Gasteiger partial charge in [0.15, 0.2) is 0 Å². The number of pyridine rings is 2. The van der Waals surface area contributed by atoms with Gasteiger partial charge in [0, 0.05) is 25.9 Å². The summed E-state index contributed by atoms with van der Waals surface area (Å²) in [5, 5.41) is 5.69. The predicted molar refractivity (Wildman–Crippen MR) is 94.9 cm³/mol. The van der Waals surface area contributed by atoms with Crippen LogP contribution in [0.4, 0.5) is 29.5 Å². The molecule has 0 aliphatic rings. The van der Waals surface area contributed by atoms with E-state index in [9.17, 15) is 18.0 Å². The van der Waals surface area contributed by atoms with E-state index in [1.165, 1.54) is 18.3 Å². The molecule has 0 spiro atoms. The lowest BCUT2D eigenvalue weighted by atomic mass is 10.3. The zero-order valence-corrected chi connectivity index (χ0v) is 15.3. The van der Waals surface area contributed by atoms with Crippen LogP contribution >= 0.6 is 0 Å². The van der Waals surface area contributed by atoms with Crippen LogP contribution in [0.3, 0.4) is 0 Å². The highest BCUT2D eigenvalue weighted by molar-refractivity contribution is 5.84. The first-order chi connectivity index (χ1) is 13.7. The number of nitrogens with zero attached hydrogens (tertiary/aromatic N) is 5. The SMILES string of the molecule is CN(C)c1ccc(COC(=O)Nc2ccc(-c3noc(C(F)(F)F)n3)nc2)cn1. The number of hydrogen-bond donors (Lipinski definition) is 1. The van der Waals surface area contributed by atoms with E-state index < -0.39 is 18.2 Å². The average Bonchev–Trinajstić information content (AvgIpc) is 3.18. The number of nitrogens with one attached hydrogen (secondary N) is 1. The third-order valence-corrected chi connectivity index (χ3v) is 3.54. The Balaban J connectivity index is 1.55. The minimum absolute atomic E-state index is 0.0150. The van der Waals surface area contributed by atoms with E-state index in [2.05, 4.69) is 29.9 Å². The Hall–Kier alpha value is -3.70. The van der Waals surface area contributed by atoms with Crippen LogP contribution in [0, 0.1) is 0 Å². The van der Waals surface area contributed by atoms with Crippen molar-refractivity contribution in [1.29, 1.82) is 0 Å². The van der Waals surface area contributed by atoms with Crippen LogP contribution in [0.1, 0.15) is 11.5 Å². The fourth-order valence-electron chi connectivity index (χ4n) is 2.11. The number of carbonyl (C=O) groups is 1. The number of ether oxygens (including phenoxy) is 1. The van der Waals surface area contributed by atoms with Crippen LogP contribution in [-0.2, 0) is 17.5 Å². The van der Waals surface area contributed by atoms with E-state index in [1.54, 1.807) is 18.3 Å². The molecule has 0 aliphatic heterocycles. The minimum atomic E-state index is -4.74. The fraction of sp³-hybridized carbons (Fsp3) is 0.235. The van der Waals surface area contributed by atoms with Crippen molar-refractivity contribution in [2.75, 3.05) is 24.3 Å². The maximum atomic E-state index is 12.5. The predicted octanol–water partition coefficient (Wildman–Crippen LogP) is 3.36. The molecule has 0 bridgehead atoms. The average molecular weight is 408 g/mol. The summed E-state index contributed by atoms with van der Waals surface area (Å²) in [6.45, 7) is 0.0150.